The summed E-state index contributed by atoms with van der Waals surface area (Å²) in [6.45, 7) is 2.71. The van der Waals surface area contributed by atoms with Crippen LogP contribution in [-0.2, 0) is 9.53 Å². The summed E-state index contributed by atoms with van der Waals surface area (Å²) in [4.78, 5) is 10.6. The number of ether oxygens (including phenoxy) is 1. The van der Waals surface area contributed by atoms with Gasteiger partial charge >= 0.3 is 5.97 Å². The van der Waals surface area contributed by atoms with E-state index < -0.39 is 11.5 Å². The number of aliphatic carboxylic acids is 1. The van der Waals surface area contributed by atoms with Crippen molar-refractivity contribution in [3.05, 3.63) is 0 Å². The van der Waals surface area contributed by atoms with E-state index in [2.05, 4.69) is 0 Å². The molecule has 1 rings (SSSR count). The van der Waals surface area contributed by atoms with E-state index in [1.807, 2.05) is 0 Å². The van der Waals surface area contributed by atoms with Crippen molar-refractivity contribution in [2.75, 3.05) is 13.2 Å². The van der Waals surface area contributed by atoms with Crippen LogP contribution in [0.25, 0.3) is 0 Å². The van der Waals surface area contributed by atoms with Crippen LogP contribution in [0.15, 0.2) is 0 Å². The van der Waals surface area contributed by atoms with Crippen molar-refractivity contribution in [2.45, 2.75) is 31.7 Å². The fraction of sp³-hybridized carbons (Fsp3) is 0.889. The number of carboxylic acids is 1. The fourth-order valence-electron chi connectivity index (χ4n) is 0.926. The van der Waals surface area contributed by atoms with E-state index in [1.165, 1.54) is 19.8 Å². The normalized spacial score (nSPS) is 21.1. The van der Waals surface area contributed by atoms with Gasteiger partial charge in [0.25, 0.3) is 0 Å². The number of hydrogen-bond donors (Lipinski definition) is 2. The molecule has 0 radical (unpaired) electrons. The lowest BCUT2D eigenvalue weighted by molar-refractivity contribution is -0.143. The Balaban J connectivity index is 2.05. The molecule has 76 valence electrons. The van der Waals surface area contributed by atoms with Crippen LogP contribution < -0.4 is 5.73 Å². The third-order valence-corrected chi connectivity index (χ3v) is 2.30. The van der Waals surface area contributed by atoms with E-state index in [4.69, 9.17) is 15.6 Å². The second-order valence-electron chi connectivity index (χ2n) is 3.99. The Morgan fingerprint density at radius 1 is 1.69 bits per heavy atom. The van der Waals surface area contributed by atoms with Gasteiger partial charge in [-0.15, -0.1) is 0 Å². The Labute approximate surface area is 78.1 Å². The first-order chi connectivity index (χ1) is 6.02. The summed E-state index contributed by atoms with van der Waals surface area (Å²) in [6, 6.07) is 0. The van der Waals surface area contributed by atoms with Crippen molar-refractivity contribution in [1.29, 1.82) is 0 Å². The van der Waals surface area contributed by atoms with Gasteiger partial charge in [-0.05, 0) is 32.1 Å². The maximum absolute atomic E-state index is 10.6. The van der Waals surface area contributed by atoms with E-state index in [9.17, 15) is 4.79 Å². The Morgan fingerprint density at radius 2 is 2.31 bits per heavy atom. The Hall–Kier alpha value is -0.610. The first kappa shape index (κ1) is 10.5. The highest BCUT2D eigenvalue weighted by atomic mass is 16.5. The van der Waals surface area contributed by atoms with Gasteiger partial charge in [-0.25, -0.2) is 0 Å². The summed E-state index contributed by atoms with van der Waals surface area (Å²) in [6.07, 6.45) is 2.87. The standard InChI is InChI=1S/C9H17NO3/c1-9(10,8(11)12)4-5-13-6-7-2-3-7/h7H,2-6,10H2,1H3,(H,11,12). The summed E-state index contributed by atoms with van der Waals surface area (Å²) in [5, 5.41) is 8.68. The summed E-state index contributed by atoms with van der Waals surface area (Å²) in [5.74, 6) is -0.253. The van der Waals surface area contributed by atoms with Gasteiger partial charge in [-0.2, -0.15) is 0 Å². The molecule has 1 atom stereocenters. The lowest BCUT2D eigenvalue weighted by atomic mass is 10.0. The first-order valence-electron chi connectivity index (χ1n) is 4.62. The number of carbonyl (C=O) groups is 1. The third-order valence-electron chi connectivity index (χ3n) is 2.30. The molecule has 0 aliphatic heterocycles. The minimum Gasteiger partial charge on any atom is -0.480 e. The number of carboxylic acid groups (broad SMARTS) is 1. The third kappa shape index (κ3) is 3.74. The van der Waals surface area contributed by atoms with Gasteiger partial charge in [0, 0.05) is 13.2 Å². The zero-order valence-corrected chi connectivity index (χ0v) is 7.95. The van der Waals surface area contributed by atoms with Crippen LogP contribution in [0, 0.1) is 5.92 Å². The number of rotatable bonds is 6. The highest BCUT2D eigenvalue weighted by Crippen LogP contribution is 2.28. The van der Waals surface area contributed by atoms with Crippen LogP contribution in [0.5, 0.6) is 0 Å². The SMILES string of the molecule is CC(N)(CCOCC1CC1)C(=O)O. The minimum absolute atomic E-state index is 0.370. The zero-order chi connectivity index (χ0) is 9.90. The second kappa shape index (κ2) is 4.07. The molecule has 0 aromatic carbocycles. The highest BCUT2D eigenvalue weighted by Gasteiger charge is 2.28. The smallest absolute Gasteiger partial charge is 0.323 e. The molecule has 0 aromatic rings. The van der Waals surface area contributed by atoms with Crippen LogP contribution in [0.3, 0.4) is 0 Å². The molecule has 0 amide bonds. The monoisotopic (exact) mass is 187 g/mol. The van der Waals surface area contributed by atoms with Gasteiger partial charge in [-0.3, -0.25) is 4.79 Å². The zero-order valence-electron chi connectivity index (χ0n) is 7.95. The van der Waals surface area contributed by atoms with Gasteiger partial charge < -0.3 is 15.6 Å². The van der Waals surface area contributed by atoms with E-state index in [0.717, 1.165) is 6.61 Å². The summed E-state index contributed by atoms with van der Waals surface area (Å²) in [7, 11) is 0. The van der Waals surface area contributed by atoms with Crippen molar-refractivity contribution in [3.8, 4) is 0 Å². The maximum atomic E-state index is 10.6. The largest absolute Gasteiger partial charge is 0.480 e. The predicted molar refractivity (Wildman–Crippen MR) is 48.4 cm³/mol. The van der Waals surface area contributed by atoms with Crippen LogP contribution in [0.1, 0.15) is 26.2 Å². The predicted octanol–water partition coefficient (Wildman–Crippen LogP) is 0.605. The van der Waals surface area contributed by atoms with Crippen molar-refractivity contribution in [3.63, 3.8) is 0 Å². The summed E-state index contributed by atoms with van der Waals surface area (Å²) < 4.78 is 5.30. The molecule has 1 aliphatic carbocycles. The Kier molecular flexibility index (Phi) is 3.27. The number of hydrogen-bond acceptors (Lipinski definition) is 3. The lowest BCUT2D eigenvalue weighted by Crippen LogP contribution is -2.45. The summed E-state index contributed by atoms with van der Waals surface area (Å²) >= 11 is 0. The fourth-order valence-corrected chi connectivity index (χ4v) is 0.926. The van der Waals surface area contributed by atoms with Crippen LogP contribution in [0.2, 0.25) is 0 Å². The molecule has 4 heteroatoms. The molecule has 0 bridgehead atoms. The molecule has 0 spiro atoms. The molecule has 1 saturated carbocycles. The summed E-state index contributed by atoms with van der Waals surface area (Å²) in [5.41, 5.74) is 4.36. The quantitative estimate of drug-likeness (QED) is 0.597. The Bertz CT molecular complexity index is 187. The second-order valence-corrected chi connectivity index (χ2v) is 3.99. The van der Waals surface area contributed by atoms with Gasteiger partial charge in [-0.1, -0.05) is 0 Å². The van der Waals surface area contributed by atoms with E-state index >= 15 is 0 Å². The van der Waals surface area contributed by atoms with Crippen molar-refractivity contribution < 1.29 is 14.6 Å². The van der Waals surface area contributed by atoms with Crippen LogP contribution in [-0.4, -0.2) is 29.8 Å². The lowest BCUT2D eigenvalue weighted by Gasteiger charge is -2.18. The van der Waals surface area contributed by atoms with E-state index in [1.54, 1.807) is 0 Å². The number of nitrogens with two attached hydrogens (primary N) is 1. The molecule has 0 aromatic heterocycles. The molecule has 3 N–H and O–H groups in total. The average molecular weight is 187 g/mol. The van der Waals surface area contributed by atoms with Gasteiger partial charge in [0.05, 0.1) is 0 Å². The molecule has 13 heavy (non-hydrogen) atoms. The first-order valence-corrected chi connectivity index (χ1v) is 4.62. The van der Waals surface area contributed by atoms with Gasteiger partial charge in [0.15, 0.2) is 0 Å². The van der Waals surface area contributed by atoms with Crippen LogP contribution in [0.4, 0.5) is 0 Å². The Morgan fingerprint density at radius 3 is 2.77 bits per heavy atom. The van der Waals surface area contributed by atoms with Crippen molar-refractivity contribution >= 4 is 5.97 Å². The molecular formula is C9H17NO3. The topological polar surface area (TPSA) is 72.5 Å². The molecule has 1 unspecified atom stereocenters. The van der Waals surface area contributed by atoms with Gasteiger partial charge in [0.1, 0.15) is 5.54 Å². The highest BCUT2D eigenvalue weighted by molar-refractivity contribution is 5.77. The molecule has 1 fully saturated rings. The van der Waals surface area contributed by atoms with E-state index in [0.29, 0.717) is 18.9 Å². The maximum Gasteiger partial charge on any atom is 0.323 e. The van der Waals surface area contributed by atoms with Crippen LogP contribution >= 0.6 is 0 Å². The van der Waals surface area contributed by atoms with E-state index in [-0.39, 0.29) is 0 Å². The average Bonchev–Trinajstić information content (AvgIpc) is 2.81. The molecule has 0 saturated heterocycles. The van der Waals surface area contributed by atoms with Crippen molar-refractivity contribution in [2.24, 2.45) is 11.7 Å². The molecule has 0 heterocycles. The molecular weight excluding hydrogens is 170 g/mol. The minimum atomic E-state index is -1.15. The molecule has 1 aliphatic rings. The molecule has 4 nitrogen and oxygen atoms in total. The van der Waals surface area contributed by atoms with Gasteiger partial charge in [0.2, 0.25) is 0 Å². The van der Waals surface area contributed by atoms with Crippen molar-refractivity contribution in [1.82, 2.24) is 0 Å².